The van der Waals surface area contributed by atoms with Crippen LogP contribution in [0, 0.1) is 5.92 Å². The van der Waals surface area contributed by atoms with Gasteiger partial charge in [0, 0.05) is 0 Å². The summed E-state index contributed by atoms with van der Waals surface area (Å²) in [6, 6.07) is 0. The van der Waals surface area contributed by atoms with Gasteiger partial charge in [-0.05, 0) is 13.3 Å². The lowest BCUT2D eigenvalue weighted by Gasteiger charge is -2.01. The van der Waals surface area contributed by atoms with Crippen molar-refractivity contribution >= 4 is 11.8 Å². The lowest BCUT2D eigenvalue weighted by atomic mass is 10.0. The van der Waals surface area contributed by atoms with E-state index in [1.807, 2.05) is 0 Å². The molecule has 1 aliphatic heterocycles. The maximum Gasteiger partial charge on any atom is 0.308 e. The van der Waals surface area contributed by atoms with Crippen LogP contribution in [0.3, 0.4) is 0 Å². The summed E-state index contributed by atoms with van der Waals surface area (Å²) in [5, 5.41) is 8.52. The number of ether oxygens (including phenoxy) is 1. The summed E-state index contributed by atoms with van der Waals surface area (Å²) < 4.78 is 4.96. The van der Waals surface area contributed by atoms with Crippen LogP contribution in [-0.4, -0.2) is 29.6 Å². The number of aliphatic carboxylic acids is 1. The Bertz CT molecular complexity index is 167. The molecule has 2 atom stereocenters. The summed E-state index contributed by atoms with van der Waals surface area (Å²) in [6.07, 6.45) is -0.166. The first-order chi connectivity index (χ1) is 5.11. The Morgan fingerprint density at radius 3 is 2.45 bits per heavy atom. The fourth-order valence-corrected chi connectivity index (χ4v) is 1.08. The molecule has 4 heteroatoms. The van der Waals surface area contributed by atoms with Gasteiger partial charge in [-0.15, -0.1) is 0 Å². The summed E-state index contributed by atoms with van der Waals surface area (Å²) in [4.78, 5) is 21.1. The fraction of sp³-hybridized carbons (Fsp3) is 0.714. The van der Waals surface area contributed by atoms with Gasteiger partial charge >= 0.3 is 5.97 Å². The van der Waals surface area contributed by atoms with Crippen LogP contribution in [0.25, 0.3) is 0 Å². The van der Waals surface area contributed by atoms with E-state index in [1.165, 1.54) is 6.92 Å². The van der Waals surface area contributed by atoms with Crippen molar-refractivity contribution in [2.75, 3.05) is 6.61 Å². The van der Waals surface area contributed by atoms with E-state index in [4.69, 9.17) is 9.84 Å². The molecule has 1 N–H and O–H groups in total. The highest BCUT2D eigenvalue weighted by Gasteiger charge is 2.32. The van der Waals surface area contributed by atoms with Crippen LogP contribution in [0.2, 0.25) is 0 Å². The maximum atomic E-state index is 10.7. The van der Waals surface area contributed by atoms with Crippen LogP contribution in [0.1, 0.15) is 13.3 Å². The summed E-state index contributed by atoms with van der Waals surface area (Å²) >= 11 is 0. The van der Waals surface area contributed by atoms with Crippen LogP contribution in [0.4, 0.5) is 0 Å². The third-order valence-electron chi connectivity index (χ3n) is 1.80. The van der Waals surface area contributed by atoms with Crippen LogP contribution in [0.5, 0.6) is 0 Å². The van der Waals surface area contributed by atoms with E-state index in [0.29, 0.717) is 6.42 Å². The normalized spacial score (nSPS) is 30.3. The third kappa shape index (κ3) is 1.77. The molecular formula is C7H10O4. The Morgan fingerprint density at radius 1 is 1.55 bits per heavy atom. The minimum absolute atomic E-state index is 0.0891. The van der Waals surface area contributed by atoms with E-state index in [-0.39, 0.29) is 12.4 Å². The molecular weight excluding hydrogens is 148 g/mol. The largest absolute Gasteiger partial charge is 0.481 e. The van der Waals surface area contributed by atoms with Gasteiger partial charge in [0.05, 0.1) is 12.5 Å². The number of carbonyl (C=O) groups excluding carboxylic acids is 1. The highest BCUT2D eigenvalue weighted by Crippen LogP contribution is 2.19. The Hall–Kier alpha value is -0.900. The number of carbonyl (C=O) groups is 2. The van der Waals surface area contributed by atoms with E-state index in [0.717, 1.165) is 0 Å². The van der Waals surface area contributed by atoms with Gasteiger partial charge in [-0.3, -0.25) is 9.59 Å². The van der Waals surface area contributed by atoms with E-state index in [2.05, 4.69) is 0 Å². The van der Waals surface area contributed by atoms with Crippen LogP contribution in [-0.2, 0) is 14.3 Å². The van der Waals surface area contributed by atoms with E-state index >= 15 is 0 Å². The second kappa shape index (κ2) is 3.00. The topological polar surface area (TPSA) is 63.6 Å². The molecule has 0 amide bonds. The zero-order valence-corrected chi connectivity index (χ0v) is 6.24. The molecule has 0 aromatic heterocycles. The molecule has 1 fully saturated rings. The zero-order valence-electron chi connectivity index (χ0n) is 6.24. The Morgan fingerprint density at radius 2 is 2.18 bits per heavy atom. The predicted molar refractivity (Wildman–Crippen MR) is 36.2 cm³/mol. The standard InChI is InChI=1S/C7H10O4/c1-4(8)6-2-5(3-11-6)7(9)10/h5-6H,2-3H2,1H3,(H,9,10)/t5-,6+/m1/s1. The first kappa shape index (κ1) is 8.20. The fourth-order valence-electron chi connectivity index (χ4n) is 1.08. The molecule has 0 aromatic rings. The Balaban J connectivity index is 2.47. The molecule has 0 radical (unpaired) electrons. The lowest BCUT2D eigenvalue weighted by molar-refractivity contribution is -0.141. The molecule has 1 heterocycles. The van der Waals surface area contributed by atoms with Crippen LogP contribution in [0.15, 0.2) is 0 Å². The second-order valence-electron chi connectivity index (χ2n) is 2.70. The second-order valence-corrected chi connectivity index (χ2v) is 2.70. The van der Waals surface area contributed by atoms with Gasteiger partial charge in [0.15, 0.2) is 5.78 Å². The summed E-state index contributed by atoms with van der Waals surface area (Å²) in [7, 11) is 0. The smallest absolute Gasteiger partial charge is 0.308 e. The molecule has 4 nitrogen and oxygen atoms in total. The van der Waals surface area contributed by atoms with Gasteiger partial charge in [0.1, 0.15) is 6.10 Å². The van der Waals surface area contributed by atoms with E-state index < -0.39 is 18.0 Å². The molecule has 62 valence electrons. The monoisotopic (exact) mass is 158 g/mol. The number of hydrogen-bond acceptors (Lipinski definition) is 3. The SMILES string of the molecule is CC(=O)[C@@H]1C[C@@H](C(=O)O)CO1. The number of rotatable bonds is 2. The van der Waals surface area contributed by atoms with Crippen molar-refractivity contribution in [1.82, 2.24) is 0 Å². The number of carboxylic acids is 1. The van der Waals surface area contributed by atoms with Crippen molar-refractivity contribution in [3.8, 4) is 0 Å². The lowest BCUT2D eigenvalue weighted by Crippen LogP contribution is -2.17. The highest BCUT2D eigenvalue weighted by molar-refractivity contribution is 5.82. The molecule has 0 bridgehead atoms. The molecule has 1 aliphatic rings. The number of Topliss-reactive ketones (excluding diaryl/α,β-unsaturated/α-hetero) is 1. The minimum atomic E-state index is -0.881. The van der Waals surface area contributed by atoms with E-state index in [9.17, 15) is 9.59 Å². The molecule has 1 saturated heterocycles. The van der Waals surface area contributed by atoms with Crippen molar-refractivity contribution in [2.24, 2.45) is 5.92 Å². The van der Waals surface area contributed by atoms with Crippen molar-refractivity contribution < 1.29 is 19.4 Å². The van der Waals surface area contributed by atoms with Crippen molar-refractivity contribution in [2.45, 2.75) is 19.4 Å². The van der Waals surface area contributed by atoms with Gasteiger partial charge in [-0.25, -0.2) is 0 Å². The number of ketones is 1. The van der Waals surface area contributed by atoms with Gasteiger partial charge < -0.3 is 9.84 Å². The molecule has 11 heavy (non-hydrogen) atoms. The van der Waals surface area contributed by atoms with Gasteiger partial charge in [-0.2, -0.15) is 0 Å². The van der Waals surface area contributed by atoms with Crippen molar-refractivity contribution in [1.29, 1.82) is 0 Å². The molecule has 0 saturated carbocycles. The number of carboxylic acid groups (broad SMARTS) is 1. The van der Waals surface area contributed by atoms with E-state index in [1.54, 1.807) is 0 Å². The third-order valence-corrected chi connectivity index (χ3v) is 1.80. The summed E-state index contributed by atoms with van der Waals surface area (Å²) in [5.41, 5.74) is 0. The Labute approximate surface area is 64.2 Å². The minimum Gasteiger partial charge on any atom is -0.481 e. The summed E-state index contributed by atoms with van der Waals surface area (Å²) in [6.45, 7) is 1.58. The van der Waals surface area contributed by atoms with Gasteiger partial charge in [0.25, 0.3) is 0 Å². The maximum absolute atomic E-state index is 10.7. The quantitative estimate of drug-likeness (QED) is 0.617. The van der Waals surface area contributed by atoms with Gasteiger partial charge in [0.2, 0.25) is 0 Å². The van der Waals surface area contributed by atoms with Gasteiger partial charge in [-0.1, -0.05) is 0 Å². The van der Waals surface area contributed by atoms with Crippen LogP contribution < -0.4 is 0 Å². The average Bonchev–Trinajstić information content (AvgIpc) is 2.33. The summed E-state index contributed by atoms with van der Waals surface area (Å²) in [5.74, 6) is -1.47. The first-order valence-electron chi connectivity index (χ1n) is 3.46. The molecule has 0 spiro atoms. The van der Waals surface area contributed by atoms with Crippen LogP contribution >= 0.6 is 0 Å². The highest BCUT2D eigenvalue weighted by atomic mass is 16.5. The Kier molecular flexibility index (Phi) is 2.24. The molecule has 0 unspecified atom stereocenters. The molecule has 1 rings (SSSR count). The zero-order chi connectivity index (χ0) is 8.43. The number of hydrogen-bond donors (Lipinski definition) is 1. The molecule has 0 aromatic carbocycles. The molecule has 0 aliphatic carbocycles. The average molecular weight is 158 g/mol. The van der Waals surface area contributed by atoms with Crippen molar-refractivity contribution in [3.05, 3.63) is 0 Å². The first-order valence-corrected chi connectivity index (χ1v) is 3.46. The predicted octanol–water partition coefficient (Wildman–Crippen LogP) is 0.0651. The van der Waals surface area contributed by atoms with Crippen molar-refractivity contribution in [3.63, 3.8) is 0 Å².